The van der Waals surface area contributed by atoms with Gasteiger partial charge in [-0.2, -0.15) is 5.10 Å². The molecule has 4 aromatic rings. The van der Waals surface area contributed by atoms with Crippen molar-refractivity contribution in [2.24, 2.45) is 0 Å². The lowest BCUT2D eigenvalue weighted by Crippen LogP contribution is -2.40. The zero-order valence-electron chi connectivity index (χ0n) is 22.7. The number of aromatic nitrogens is 2. The summed E-state index contributed by atoms with van der Waals surface area (Å²) in [7, 11) is 0. The summed E-state index contributed by atoms with van der Waals surface area (Å²) in [5.41, 5.74) is 7.15. The van der Waals surface area contributed by atoms with Gasteiger partial charge in [-0.15, -0.1) is 0 Å². The fourth-order valence-electron chi connectivity index (χ4n) is 5.35. The van der Waals surface area contributed by atoms with Crippen LogP contribution in [-0.4, -0.2) is 27.1 Å². The Balaban J connectivity index is 0.00000156. The van der Waals surface area contributed by atoms with Gasteiger partial charge < -0.3 is 4.90 Å². The van der Waals surface area contributed by atoms with Crippen molar-refractivity contribution in [2.75, 3.05) is 6.54 Å². The highest BCUT2D eigenvalue weighted by molar-refractivity contribution is 6.01. The molecule has 1 atom stereocenters. The van der Waals surface area contributed by atoms with Crippen molar-refractivity contribution in [1.82, 2.24) is 14.7 Å². The van der Waals surface area contributed by atoms with Crippen LogP contribution in [0.2, 0.25) is 0 Å². The largest absolute Gasteiger partial charge is 0.331 e. The van der Waals surface area contributed by atoms with Crippen LogP contribution in [0.3, 0.4) is 0 Å². The summed E-state index contributed by atoms with van der Waals surface area (Å²) in [4.78, 5) is 16.6. The van der Waals surface area contributed by atoms with Gasteiger partial charge in [-0.25, -0.2) is 4.68 Å². The molecule has 1 aliphatic rings. The smallest absolute Gasteiger partial charge is 0.258 e. The molecule has 0 saturated heterocycles. The van der Waals surface area contributed by atoms with E-state index in [-0.39, 0.29) is 11.9 Å². The molecule has 1 amide bonds. The van der Waals surface area contributed by atoms with E-state index in [1.54, 1.807) is 0 Å². The number of hydrogen-bond donors (Lipinski definition) is 0. The van der Waals surface area contributed by atoms with Gasteiger partial charge in [0.05, 0.1) is 23.0 Å². The predicted molar refractivity (Wildman–Crippen MR) is 153 cm³/mol. The molecule has 3 aromatic carbocycles. The molecule has 37 heavy (non-hydrogen) atoms. The van der Waals surface area contributed by atoms with Crippen LogP contribution in [0.15, 0.2) is 84.9 Å². The molecular formula is C33H39N3O. The van der Waals surface area contributed by atoms with Gasteiger partial charge in [0, 0.05) is 12.1 Å². The first-order valence-electron chi connectivity index (χ1n) is 13.8. The number of para-hydroxylation sites is 1. The number of rotatable bonds is 7. The second-order valence-corrected chi connectivity index (χ2v) is 9.29. The molecule has 0 radical (unpaired) electrons. The highest BCUT2D eigenvalue weighted by atomic mass is 16.2. The number of carbonyl (C=O) groups excluding carboxylic acids is 1. The molecule has 1 unspecified atom stereocenters. The second kappa shape index (κ2) is 12.5. The van der Waals surface area contributed by atoms with Gasteiger partial charge in [-0.1, -0.05) is 113 Å². The molecule has 0 fully saturated rings. The van der Waals surface area contributed by atoms with E-state index in [1.165, 1.54) is 11.1 Å². The minimum Gasteiger partial charge on any atom is -0.331 e. The van der Waals surface area contributed by atoms with Crippen molar-refractivity contribution >= 4 is 5.91 Å². The average molecular weight is 494 g/mol. The summed E-state index contributed by atoms with van der Waals surface area (Å²) >= 11 is 0. The molecule has 5 rings (SSSR count). The summed E-state index contributed by atoms with van der Waals surface area (Å²) in [6.45, 7) is 9.10. The first-order valence-corrected chi connectivity index (χ1v) is 13.8. The lowest BCUT2D eigenvalue weighted by Gasteiger charge is -2.37. The van der Waals surface area contributed by atoms with E-state index in [0.29, 0.717) is 0 Å². The number of carbonyl (C=O) groups is 1. The molecule has 192 valence electrons. The topological polar surface area (TPSA) is 38.1 Å². The summed E-state index contributed by atoms with van der Waals surface area (Å²) in [6.07, 6.45) is 4.60. The SMILES string of the molecule is CC.CCCc1c(C(=O)N2CCc3ccccc3C2CCC)c(-c2ccccc2)nn1-c1ccccc1. The third-order valence-electron chi connectivity index (χ3n) is 6.97. The maximum atomic E-state index is 14.5. The van der Waals surface area contributed by atoms with Crippen molar-refractivity contribution in [3.05, 3.63) is 107 Å². The molecule has 1 aromatic heterocycles. The van der Waals surface area contributed by atoms with Crippen LogP contribution in [0.1, 0.15) is 80.2 Å². The fraction of sp³-hybridized carbons (Fsp3) is 0.333. The molecule has 0 saturated carbocycles. The van der Waals surface area contributed by atoms with Gasteiger partial charge >= 0.3 is 0 Å². The number of amides is 1. The Morgan fingerprint density at radius 2 is 1.51 bits per heavy atom. The summed E-state index contributed by atoms with van der Waals surface area (Å²) in [6, 6.07) is 29.0. The fourth-order valence-corrected chi connectivity index (χ4v) is 5.35. The van der Waals surface area contributed by atoms with Crippen molar-refractivity contribution in [1.29, 1.82) is 0 Å². The van der Waals surface area contributed by atoms with Crippen LogP contribution >= 0.6 is 0 Å². The zero-order valence-corrected chi connectivity index (χ0v) is 22.7. The predicted octanol–water partition coefficient (Wildman–Crippen LogP) is 8.06. The van der Waals surface area contributed by atoms with E-state index in [1.807, 2.05) is 54.9 Å². The Morgan fingerprint density at radius 1 is 0.865 bits per heavy atom. The standard InChI is InChI=1S/C31H33N3O.C2H6/c1-3-13-27-26-20-12-11-15-23(26)21-22-33(27)31(35)29-28(14-4-2)34(25-18-9-6-10-19-25)32-30(29)24-16-7-5-8-17-24;1-2/h5-12,15-20,27H,3-4,13-14,21-22H2,1-2H3;1-2H3. The summed E-state index contributed by atoms with van der Waals surface area (Å²) in [5, 5.41) is 5.07. The van der Waals surface area contributed by atoms with Gasteiger partial charge in [-0.3, -0.25) is 4.79 Å². The monoisotopic (exact) mass is 493 g/mol. The van der Waals surface area contributed by atoms with Gasteiger partial charge in [0.25, 0.3) is 5.91 Å². The molecule has 0 N–H and O–H groups in total. The number of nitrogens with zero attached hydrogens (tertiary/aromatic N) is 3. The normalized spacial score (nSPS) is 14.5. The summed E-state index contributed by atoms with van der Waals surface area (Å²) in [5.74, 6) is 0.0995. The Morgan fingerprint density at radius 3 is 2.19 bits per heavy atom. The Kier molecular flexibility index (Phi) is 8.95. The van der Waals surface area contributed by atoms with Gasteiger partial charge in [-0.05, 0) is 42.5 Å². The second-order valence-electron chi connectivity index (χ2n) is 9.29. The first kappa shape index (κ1) is 26.4. The lowest BCUT2D eigenvalue weighted by molar-refractivity contribution is 0.0649. The van der Waals surface area contributed by atoms with E-state index < -0.39 is 0 Å². The van der Waals surface area contributed by atoms with Crippen molar-refractivity contribution in [3.63, 3.8) is 0 Å². The molecule has 0 spiro atoms. The van der Waals surface area contributed by atoms with Gasteiger partial charge in [0.15, 0.2) is 0 Å². The maximum absolute atomic E-state index is 14.5. The zero-order chi connectivity index (χ0) is 26.2. The van der Waals surface area contributed by atoms with Gasteiger partial charge in [0.2, 0.25) is 0 Å². The highest BCUT2D eigenvalue weighted by Gasteiger charge is 2.35. The first-order chi connectivity index (χ1) is 18.2. The van der Waals surface area contributed by atoms with E-state index in [4.69, 9.17) is 5.10 Å². The molecule has 1 aliphatic heterocycles. The quantitative estimate of drug-likeness (QED) is 0.261. The minimum absolute atomic E-state index is 0.0932. The highest BCUT2D eigenvalue weighted by Crippen LogP contribution is 2.37. The third kappa shape index (κ3) is 5.39. The molecule has 4 nitrogen and oxygen atoms in total. The molecule has 2 heterocycles. The van der Waals surface area contributed by atoms with Crippen LogP contribution in [0.25, 0.3) is 16.9 Å². The van der Waals surface area contributed by atoms with E-state index in [0.717, 1.165) is 66.9 Å². The average Bonchev–Trinajstić information content (AvgIpc) is 3.34. The van der Waals surface area contributed by atoms with Crippen molar-refractivity contribution in [3.8, 4) is 16.9 Å². The molecule has 0 aliphatic carbocycles. The number of benzene rings is 3. The van der Waals surface area contributed by atoms with Crippen LogP contribution in [0, 0.1) is 0 Å². The van der Waals surface area contributed by atoms with Crippen molar-refractivity contribution < 1.29 is 4.79 Å². The number of fused-ring (bicyclic) bond motifs is 1. The molecule has 0 bridgehead atoms. The van der Waals surface area contributed by atoms with Crippen LogP contribution in [-0.2, 0) is 12.8 Å². The Hall–Kier alpha value is -3.66. The van der Waals surface area contributed by atoms with Crippen molar-refractivity contribution in [2.45, 2.75) is 65.8 Å². The molecule has 4 heteroatoms. The lowest BCUT2D eigenvalue weighted by atomic mass is 9.89. The van der Waals surface area contributed by atoms with E-state index in [9.17, 15) is 4.79 Å². The molecular weight excluding hydrogens is 454 g/mol. The maximum Gasteiger partial charge on any atom is 0.258 e. The Bertz CT molecular complexity index is 1290. The van der Waals surface area contributed by atoms with Crippen LogP contribution in [0.4, 0.5) is 0 Å². The Labute approximate surface area is 222 Å². The van der Waals surface area contributed by atoms with Crippen LogP contribution in [0.5, 0.6) is 0 Å². The van der Waals surface area contributed by atoms with E-state index >= 15 is 0 Å². The number of hydrogen-bond acceptors (Lipinski definition) is 2. The third-order valence-corrected chi connectivity index (χ3v) is 6.97. The summed E-state index contributed by atoms with van der Waals surface area (Å²) < 4.78 is 1.99. The van der Waals surface area contributed by atoms with E-state index in [2.05, 4.69) is 67.3 Å². The van der Waals surface area contributed by atoms with Crippen LogP contribution < -0.4 is 0 Å². The minimum atomic E-state index is 0.0932. The van der Waals surface area contributed by atoms with Gasteiger partial charge in [0.1, 0.15) is 5.69 Å².